The topological polar surface area (TPSA) is 58.4 Å². The van der Waals surface area contributed by atoms with E-state index in [1.807, 2.05) is 0 Å². The van der Waals surface area contributed by atoms with Crippen LogP contribution < -0.4 is 5.56 Å². The second-order valence-corrected chi connectivity index (χ2v) is 10.8. The molecule has 1 amide bonds. The fourth-order valence-electron chi connectivity index (χ4n) is 4.65. The number of halogens is 4. The van der Waals surface area contributed by atoms with Gasteiger partial charge in [-0.15, -0.1) is 0 Å². The zero-order chi connectivity index (χ0) is 46.1. The largest absolute Gasteiger partial charge is 0.416 e. The van der Waals surface area contributed by atoms with E-state index >= 15 is 4.79 Å². The lowest BCUT2D eigenvalue weighted by atomic mass is 10.0. The number of alkyl halides is 3. The molecule has 6 nitrogen and oxygen atoms in total. The highest BCUT2D eigenvalue weighted by Crippen LogP contribution is 2.31. The summed E-state index contributed by atoms with van der Waals surface area (Å²) < 4.78 is 178. The monoisotopic (exact) mass is 680 g/mol. The minimum atomic E-state index is -4.65. The number of thioether (sulfide) groups is 1. The number of hydrogen-bond donors (Lipinski definition) is 0. The smallest absolute Gasteiger partial charge is 0.336 e. The van der Waals surface area contributed by atoms with Crippen molar-refractivity contribution in [3.63, 3.8) is 0 Å². The molecule has 0 spiro atoms. The fourth-order valence-corrected chi connectivity index (χ4v) is 5.37. The Morgan fingerprint density at radius 2 is 1.53 bits per heavy atom. The maximum Gasteiger partial charge on any atom is 0.416 e. The molecule has 248 valence electrons. The van der Waals surface area contributed by atoms with Gasteiger partial charge in [0.25, 0.3) is 5.56 Å². The van der Waals surface area contributed by atoms with Crippen LogP contribution in [0.5, 0.6) is 0 Å². The Morgan fingerprint density at radius 1 is 0.915 bits per heavy atom. The summed E-state index contributed by atoms with van der Waals surface area (Å²) in [5.74, 6) is -2.92. The van der Waals surface area contributed by atoms with Gasteiger partial charge in [0, 0.05) is 47.4 Å². The van der Waals surface area contributed by atoms with E-state index in [9.17, 15) is 27.8 Å². The number of likely N-dealkylation sites (N-methyl/N-ethyl adjacent to an activating group) is 1. The van der Waals surface area contributed by atoms with Crippen molar-refractivity contribution in [1.29, 1.82) is 0 Å². The molecular weight excluding hydrogens is 628 g/mol. The van der Waals surface area contributed by atoms with Crippen LogP contribution in [0.4, 0.5) is 17.6 Å². The van der Waals surface area contributed by atoms with Gasteiger partial charge < -0.3 is 14.4 Å². The first-order valence-electron chi connectivity index (χ1n) is 21.2. The van der Waals surface area contributed by atoms with E-state index < -0.39 is 89.3 Å². The third-order valence-corrected chi connectivity index (χ3v) is 7.81. The van der Waals surface area contributed by atoms with Crippen molar-refractivity contribution < 1.29 is 41.5 Å². The Balaban J connectivity index is 1.73. The van der Waals surface area contributed by atoms with Gasteiger partial charge >= 0.3 is 6.18 Å². The number of hydrogen-bond acceptors (Lipinski definition) is 5. The van der Waals surface area contributed by atoms with Crippen LogP contribution in [0, 0.1) is 5.82 Å². The summed E-state index contributed by atoms with van der Waals surface area (Å²) in [6.45, 7) is -20.5. The Kier molecular flexibility index (Phi) is 6.64. The number of amides is 1. The third-order valence-electron chi connectivity index (χ3n) is 7.01. The van der Waals surface area contributed by atoms with E-state index in [4.69, 9.17) is 13.7 Å². The predicted octanol–water partition coefficient (Wildman–Crippen LogP) is 7.22. The molecule has 0 unspecified atom stereocenters. The van der Waals surface area contributed by atoms with Crippen molar-refractivity contribution in [2.45, 2.75) is 63.1 Å². The van der Waals surface area contributed by atoms with Gasteiger partial charge in [-0.1, -0.05) is 74.1 Å². The molecule has 47 heavy (non-hydrogen) atoms. The minimum absolute atomic E-state index is 0.0204. The van der Waals surface area contributed by atoms with E-state index in [0.717, 1.165) is 60.7 Å². The Morgan fingerprint density at radius 3 is 2.15 bits per heavy atom. The van der Waals surface area contributed by atoms with Gasteiger partial charge in [0.1, 0.15) is 12.3 Å². The predicted molar refractivity (Wildman–Crippen MR) is 177 cm³/mol. The van der Waals surface area contributed by atoms with Crippen molar-refractivity contribution in [2.75, 3.05) is 26.0 Å². The number of carbonyl (C=O) groups is 1. The highest BCUT2D eigenvalue weighted by Gasteiger charge is 2.30. The summed E-state index contributed by atoms with van der Waals surface area (Å²) in [5, 5.41) is -0.792. The van der Waals surface area contributed by atoms with Gasteiger partial charge in [-0.2, -0.15) is 18.2 Å². The van der Waals surface area contributed by atoms with Crippen LogP contribution >= 0.6 is 11.8 Å². The Labute approximate surface area is 296 Å². The van der Waals surface area contributed by atoms with E-state index in [1.165, 1.54) is 12.1 Å². The maximum atomic E-state index is 15.0. The zero-order valence-corrected chi connectivity index (χ0v) is 25.9. The molecule has 11 heteroatoms. The molecule has 1 aromatic heterocycles. The highest BCUT2D eigenvalue weighted by atomic mass is 32.2. The van der Waals surface area contributed by atoms with Crippen LogP contribution in [0.15, 0.2) is 82.7 Å². The molecular formula is C36H38F4N4O2S. The standard InChI is InChI=1S/C36H38F4N4O2S/c1-3-42(4-2)20-21-43(22-25-8-12-27(13-9-25)28-14-16-29(17-15-28)36(38,39)40)33(45)23-44-32-7-5-6-31(32)34(46)41-35(44)47-24-26-10-18-30(37)19-11-26/h8-19H,3-7,20-24H2,1-2H3/i3D2,4D2,20D2,21D2,22D2,23D2,24D2. The number of carbonyl (C=O) groups excluding carboxylic acids is 1. The number of nitrogens with zero attached hydrogens (tertiary/aromatic N) is 4. The number of aromatic nitrogens is 2. The highest BCUT2D eigenvalue weighted by molar-refractivity contribution is 7.98. The van der Waals surface area contributed by atoms with Crippen LogP contribution in [-0.2, 0) is 42.5 Å². The average molecular weight is 681 g/mol. The molecule has 0 atom stereocenters. The molecule has 1 aliphatic carbocycles. The summed E-state index contributed by atoms with van der Waals surface area (Å²) in [5.41, 5.74) is -5.19. The molecule has 0 saturated heterocycles. The molecule has 0 aliphatic heterocycles. The molecule has 4 aromatic rings. The van der Waals surface area contributed by atoms with Crippen molar-refractivity contribution in [3.8, 4) is 11.1 Å². The summed E-state index contributed by atoms with van der Waals surface area (Å²) >= 11 is 0.118. The van der Waals surface area contributed by atoms with E-state index in [0.29, 0.717) is 18.4 Å². The van der Waals surface area contributed by atoms with Crippen LogP contribution in [0.2, 0.25) is 0 Å². The first-order valence-corrected chi connectivity index (χ1v) is 15.0. The SMILES string of the molecule is [2H]C([2H])(Sc1nc(=O)c2c(n1C([2H])([2H])C(=O)N(C([2H])([2H])c1ccc(-c3ccc(C(F)(F)F)cc3)cc1)C([2H])([2H])C([2H])([2H])N(C([2H])([2H])C)C([2H])([2H])C)CCC2)c1ccc(F)cc1. The molecule has 0 bridgehead atoms. The fraction of sp³-hybridized carbons (Fsp3) is 0.361. The quantitative estimate of drug-likeness (QED) is 0.0849. The lowest BCUT2D eigenvalue weighted by molar-refractivity contribution is -0.137. The normalized spacial score (nSPS) is 19.4. The van der Waals surface area contributed by atoms with Crippen molar-refractivity contribution in [2.24, 2.45) is 0 Å². The molecule has 1 aliphatic rings. The maximum absolute atomic E-state index is 15.0. The van der Waals surface area contributed by atoms with Crippen LogP contribution in [0.25, 0.3) is 11.1 Å². The molecule has 0 N–H and O–H groups in total. The van der Waals surface area contributed by atoms with E-state index in [-0.39, 0.29) is 63.9 Å². The summed E-state index contributed by atoms with van der Waals surface area (Å²) in [4.78, 5) is 31.5. The zero-order valence-electron chi connectivity index (χ0n) is 39.1. The van der Waals surface area contributed by atoms with Gasteiger partial charge in [0.05, 0.1) is 13.8 Å². The average Bonchev–Trinajstić information content (AvgIpc) is 3.60. The Hall–Kier alpha value is -3.96. The minimum Gasteiger partial charge on any atom is -0.336 e. The molecule has 3 aromatic carbocycles. The van der Waals surface area contributed by atoms with Gasteiger partial charge in [-0.25, -0.2) is 4.39 Å². The van der Waals surface area contributed by atoms with Crippen LogP contribution in [0.1, 0.15) is 67.4 Å². The van der Waals surface area contributed by atoms with Gasteiger partial charge in [-0.3, -0.25) is 9.59 Å². The van der Waals surface area contributed by atoms with Crippen molar-refractivity contribution in [3.05, 3.63) is 117 Å². The Bertz CT molecular complexity index is 2320. The molecule has 0 saturated carbocycles. The van der Waals surface area contributed by atoms with Crippen molar-refractivity contribution in [1.82, 2.24) is 19.4 Å². The second kappa shape index (κ2) is 15.3. The van der Waals surface area contributed by atoms with Crippen LogP contribution in [-0.4, -0.2) is 51.2 Å². The third kappa shape index (κ3) is 8.70. The summed E-state index contributed by atoms with van der Waals surface area (Å²) in [6, 6.07) is 12.2. The number of fused-ring (bicyclic) bond motifs is 1. The lowest BCUT2D eigenvalue weighted by Gasteiger charge is -2.28. The molecule has 1 heterocycles. The molecule has 5 rings (SSSR count). The first kappa shape index (κ1) is 20.4. The van der Waals surface area contributed by atoms with Gasteiger partial charge in [0.15, 0.2) is 5.16 Å². The van der Waals surface area contributed by atoms with Crippen molar-refractivity contribution >= 4 is 17.7 Å². The van der Waals surface area contributed by atoms with Crippen LogP contribution in [0.3, 0.4) is 0 Å². The molecule has 0 radical (unpaired) electrons. The summed E-state index contributed by atoms with van der Waals surface area (Å²) in [7, 11) is 0. The first-order chi connectivity index (χ1) is 27.7. The van der Waals surface area contributed by atoms with E-state index in [2.05, 4.69) is 4.98 Å². The number of rotatable bonds is 13. The van der Waals surface area contributed by atoms with E-state index in [1.54, 1.807) is 0 Å². The number of benzene rings is 3. The molecule has 0 fully saturated rings. The summed E-state index contributed by atoms with van der Waals surface area (Å²) in [6.07, 6.45) is -4.53. The second-order valence-electron chi connectivity index (χ2n) is 10.0. The van der Waals surface area contributed by atoms with Gasteiger partial charge in [-0.05, 0) is 78.8 Å². The van der Waals surface area contributed by atoms with Gasteiger partial charge in [0.2, 0.25) is 5.91 Å². The lowest BCUT2D eigenvalue weighted by Crippen LogP contribution is -2.40.